The van der Waals surface area contributed by atoms with Gasteiger partial charge >= 0.3 is 5.97 Å². The van der Waals surface area contributed by atoms with Crippen LogP contribution < -0.4 is 27.4 Å². The van der Waals surface area contributed by atoms with Crippen molar-refractivity contribution in [3.8, 4) is 0 Å². The van der Waals surface area contributed by atoms with Crippen LogP contribution in [-0.2, 0) is 19.2 Å². The smallest absolute Gasteiger partial charge is 0.326 e. The van der Waals surface area contributed by atoms with E-state index in [1.165, 1.54) is 6.92 Å². The molecule has 29 heavy (non-hydrogen) atoms. The standard InChI is InChI=1S/C16H31N5O7S/c1-8(23)12(21-13(24)9(18)6-22)15(26)20-11(7-29)14(25)19-10(16(27)28)4-2-3-5-17/h8-12,22-23,29H,2-7,17-18H2,1H3,(H,19,25)(H,20,26)(H,21,24)(H,27,28). The number of aliphatic hydroxyl groups excluding tert-OH is 2. The molecule has 0 aliphatic rings. The van der Waals surface area contributed by atoms with Crippen LogP contribution in [0.1, 0.15) is 26.2 Å². The SMILES string of the molecule is CC(O)C(NC(=O)C(N)CO)C(=O)NC(CS)C(=O)NC(CCCCN)C(=O)O. The van der Waals surface area contributed by atoms with Gasteiger partial charge in [0.15, 0.2) is 0 Å². The molecule has 0 radical (unpaired) electrons. The minimum Gasteiger partial charge on any atom is -0.480 e. The van der Waals surface area contributed by atoms with Crippen LogP contribution in [-0.4, -0.2) is 88.2 Å². The zero-order valence-electron chi connectivity index (χ0n) is 16.2. The van der Waals surface area contributed by atoms with Gasteiger partial charge in [-0.1, -0.05) is 0 Å². The Bertz CT molecular complexity index is 564. The van der Waals surface area contributed by atoms with E-state index in [1.807, 2.05) is 0 Å². The lowest BCUT2D eigenvalue weighted by Crippen LogP contribution is -2.60. The third-order valence-corrected chi connectivity index (χ3v) is 4.34. The van der Waals surface area contributed by atoms with Crippen LogP contribution in [0.25, 0.3) is 0 Å². The predicted molar refractivity (Wildman–Crippen MR) is 107 cm³/mol. The van der Waals surface area contributed by atoms with Crippen LogP contribution in [0.5, 0.6) is 0 Å². The molecule has 0 aliphatic carbocycles. The largest absolute Gasteiger partial charge is 0.480 e. The Kier molecular flexibility index (Phi) is 13.2. The highest BCUT2D eigenvalue weighted by molar-refractivity contribution is 7.80. The zero-order chi connectivity index (χ0) is 22.6. The molecule has 12 nitrogen and oxygen atoms in total. The van der Waals surface area contributed by atoms with Gasteiger partial charge in [-0.05, 0) is 32.7 Å². The summed E-state index contributed by atoms with van der Waals surface area (Å²) in [7, 11) is 0. The van der Waals surface area contributed by atoms with E-state index in [2.05, 4.69) is 28.6 Å². The lowest BCUT2D eigenvalue weighted by Gasteiger charge is -2.25. The van der Waals surface area contributed by atoms with Crippen LogP contribution in [0.3, 0.4) is 0 Å². The van der Waals surface area contributed by atoms with Crippen LogP contribution in [0, 0.1) is 0 Å². The molecule has 0 spiro atoms. The van der Waals surface area contributed by atoms with Crippen molar-refractivity contribution >= 4 is 36.3 Å². The molecule has 5 atom stereocenters. The molecule has 0 heterocycles. The van der Waals surface area contributed by atoms with Crippen LogP contribution in [0.2, 0.25) is 0 Å². The minimum atomic E-state index is -1.45. The van der Waals surface area contributed by atoms with Gasteiger partial charge in [0.2, 0.25) is 17.7 Å². The second-order valence-electron chi connectivity index (χ2n) is 6.44. The van der Waals surface area contributed by atoms with Crippen LogP contribution in [0.4, 0.5) is 0 Å². The maximum absolute atomic E-state index is 12.4. The Labute approximate surface area is 174 Å². The van der Waals surface area contributed by atoms with Gasteiger partial charge in [0.25, 0.3) is 0 Å². The summed E-state index contributed by atoms with van der Waals surface area (Å²) in [4.78, 5) is 47.8. The predicted octanol–water partition coefficient (Wildman–Crippen LogP) is -3.72. The fourth-order valence-electron chi connectivity index (χ4n) is 2.23. The lowest BCUT2D eigenvalue weighted by atomic mass is 10.1. The molecule has 0 saturated heterocycles. The van der Waals surface area contributed by atoms with E-state index in [1.54, 1.807) is 0 Å². The number of rotatable bonds is 14. The lowest BCUT2D eigenvalue weighted by molar-refractivity contribution is -0.142. The van der Waals surface area contributed by atoms with Crippen LogP contribution >= 0.6 is 12.6 Å². The van der Waals surface area contributed by atoms with Gasteiger partial charge in [-0.25, -0.2) is 4.79 Å². The summed E-state index contributed by atoms with van der Waals surface area (Å²) >= 11 is 3.98. The van der Waals surface area contributed by atoms with Crippen LogP contribution in [0.15, 0.2) is 0 Å². The Hall–Kier alpha value is -1.93. The van der Waals surface area contributed by atoms with E-state index in [9.17, 15) is 29.4 Å². The number of carboxylic acids is 1. The van der Waals surface area contributed by atoms with Crippen molar-refractivity contribution in [2.75, 3.05) is 18.9 Å². The molecule has 0 aromatic heterocycles. The Morgan fingerprint density at radius 3 is 2.03 bits per heavy atom. The molecule has 10 N–H and O–H groups in total. The summed E-state index contributed by atoms with van der Waals surface area (Å²) in [5.41, 5.74) is 10.7. The van der Waals surface area contributed by atoms with Crippen molar-refractivity contribution in [2.24, 2.45) is 11.5 Å². The van der Waals surface area contributed by atoms with E-state index in [0.29, 0.717) is 19.4 Å². The molecule has 0 bridgehead atoms. The van der Waals surface area contributed by atoms with E-state index in [0.717, 1.165) is 0 Å². The van der Waals surface area contributed by atoms with E-state index in [-0.39, 0.29) is 12.2 Å². The molecule has 168 valence electrons. The first-order chi connectivity index (χ1) is 13.6. The summed E-state index contributed by atoms with van der Waals surface area (Å²) in [6.07, 6.45) is -0.0847. The Balaban J connectivity index is 5.05. The molecular formula is C16H31N5O7S. The second-order valence-corrected chi connectivity index (χ2v) is 6.81. The van der Waals surface area contributed by atoms with Crippen molar-refractivity contribution in [3.05, 3.63) is 0 Å². The van der Waals surface area contributed by atoms with Gasteiger partial charge in [0, 0.05) is 5.75 Å². The van der Waals surface area contributed by atoms with Gasteiger partial charge in [-0.15, -0.1) is 0 Å². The molecular weight excluding hydrogens is 406 g/mol. The van der Waals surface area contributed by atoms with Gasteiger partial charge in [0.05, 0.1) is 12.7 Å². The first-order valence-electron chi connectivity index (χ1n) is 9.08. The van der Waals surface area contributed by atoms with Crippen molar-refractivity contribution in [1.82, 2.24) is 16.0 Å². The molecule has 0 saturated carbocycles. The monoisotopic (exact) mass is 437 g/mol. The molecule has 0 aromatic rings. The average molecular weight is 438 g/mol. The Morgan fingerprint density at radius 1 is 1.00 bits per heavy atom. The summed E-state index contributed by atoms with van der Waals surface area (Å²) in [5.74, 6) is -3.94. The molecule has 0 fully saturated rings. The number of nitrogens with one attached hydrogen (secondary N) is 3. The number of carbonyl (C=O) groups excluding carboxylic acids is 3. The summed E-state index contributed by atoms with van der Waals surface area (Å²) in [6.45, 7) is 0.965. The number of amides is 3. The summed E-state index contributed by atoms with van der Waals surface area (Å²) < 4.78 is 0. The maximum Gasteiger partial charge on any atom is 0.326 e. The number of hydrogen-bond donors (Lipinski definition) is 9. The fourth-order valence-corrected chi connectivity index (χ4v) is 2.48. The van der Waals surface area contributed by atoms with Gasteiger partial charge in [-0.2, -0.15) is 12.6 Å². The average Bonchev–Trinajstić information content (AvgIpc) is 2.67. The molecule has 5 unspecified atom stereocenters. The molecule has 13 heteroatoms. The van der Waals surface area contributed by atoms with Crippen molar-refractivity contribution in [3.63, 3.8) is 0 Å². The highest BCUT2D eigenvalue weighted by Crippen LogP contribution is 2.03. The first-order valence-corrected chi connectivity index (χ1v) is 9.71. The van der Waals surface area contributed by atoms with Gasteiger partial charge in [0.1, 0.15) is 24.2 Å². The number of carbonyl (C=O) groups is 4. The number of hydrogen-bond acceptors (Lipinski definition) is 9. The van der Waals surface area contributed by atoms with Crippen molar-refractivity contribution in [1.29, 1.82) is 0 Å². The number of carboxylic acid groups (broad SMARTS) is 1. The molecule has 0 aromatic carbocycles. The second kappa shape index (κ2) is 14.1. The number of nitrogens with two attached hydrogens (primary N) is 2. The Morgan fingerprint density at radius 2 is 1.59 bits per heavy atom. The number of aliphatic hydroxyl groups is 2. The van der Waals surface area contributed by atoms with E-state index < -0.39 is 60.6 Å². The van der Waals surface area contributed by atoms with Gasteiger partial charge in [-0.3, -0.25) is 14.4 Å². The number of aliphatic carboxylic acids is 1. The summed E-state index contributed by atoms with van der Waals surface area (Å²) in [5, 5.41) is 34.7. The third-order valence-electron chi connectivity index (χ3n) is 3.97. The van der Waals surface area contributed by atoms with Gasteiger partial charge < -0.3 is 42.7 Å². The number of thiol groups is 1. The zero-order valence-corrected chi connectivity index (χ0v) is 17.1. The normalized spacial score (nSPS) is 16.1. The van der Waals surface area contributed by atoms with Crippen molar-refractivity contribution in [2.45, 2.75) is 56.5 Å². The highest BCUT2D eigenvalue weighted by atomic mass is 32.1. The summed E-state index contributed by atoms with van der Waals surface area (Å²) in [6, 6.07) is -5.12. The number of unbranched alkanes of at least 4 members (excludes halogenated alkanes) is 1. The molecule has 0 rings (SSSR count). The topological polar surface area (TPSA) is 217 Å². The van der Waals surface area contributed by atoms with E-state index in [4.69, 9.17) is 16.6 Å². The fraction of sp³-hybridized carbons (Fsp3) is 0.750. The quantitative estimate of drug-likeness (QED) is 0.0962. The van der Waals surface area contributed by atoms with E-state index >= 15 is 0 Å². The molecule has 0 aliphatic heterocycles. The third kappa shape index (κ3) is 9.89. The highest BCUT2D eigenvalue weighted by Gasteiger charge is 2.31. The maximum atomic E-state index is 12.4. The first kappa shape index (κ1) is 27.1. The minimum absolute atomic E-state index is 0.163. The molecule has 3 amide bonds. The van der Waals surface area contributed by atoms with Crippen molar-refractivity contribution < 1.29 is 34.5 Å².